The van der Waals surface area contributed by atoms with Crippen LogP contribution in [0.15, 0.2) is 12.3 Å². The first kappa shape index (κ1) is 14.3. The smallest absolute Gasteiger partial charge is 0.338 e. The molecule has 3 heterocycles. The maximum Gasteiger partial charge on any atom is 0.338 e. The van der Waals surface area contributed by atoms with Crippen LogP contribution in [0.1, 0.15) is 17.3 Å². The summed E-state index contributed by atoms with van der Waals surface area (Å²) in [6.45, 7) is 3.67. The number of carbonyl (C=O) groups excluding carboxylic acids is 1. The lowest BCUT2D eigenvalue weighted by Crippen LogP contribution is -2.37. The van der Waals surface area contributed by atoms with E-state index < -0.39 is 5.97 Å². The Morgan fingerprint density at radius 3 is 2.73 bits per heavy atom. The van der Waals surface area contributed by atoms with Crippen LogP contribution in [0.5, 0.6) is 0 Å². The average Bonchev–Trinajstić information content (AvgIpc) is 2.87. The van der Waals surface area contributed by atoms with Crippen LogP contribution < -0.4 is 10.2 Å². The Morgan fingerprint density at radius 2 is 2.09 bits per heavy atom. The van der Waals surface area contributed by atoms with Crippen LogP contribution >= 0.6 is 0 Å². The summed E-state index contributed by atoms with van der Waals surface area (Å²) >= 11 is 0. The van der Waals surface area contributed by atoms with E-state index in [9.17, 15) is 14.7 Å². The number of ether oxygens (including phenoxy) is 1. The Morgan fingerprint density at radius 1 is 1.36 bits per heavy atom. The lowest BCUT2D eigenvalue weighted by Gasteiger charge is -2.29. The van der Waals surface area contributed by atoms with Crippen molar-refractivity contribution in [2.75, 3.05) is 36.5 Å². The topological polar surface area (TPSA) is 109 Å². The summed E-state index contributed by atoms with van der Waals surface area (Å²) in [4.78, 5) is 28.6. The van der Waals surface area contributed by atoms with Gasteiger partial charge in [0, 0.05) is 20.0 Å². The van der Waals surface area contributed by atoms with Crippen molar-refractivity contribution in [2.24, 2.45) is 0 Å². The lowest BCUT2D eigenvalue weighted by atomic mass is 10.2. The number of hydrogen-bond donors (Lipinski definition) is 2. The minimum absolute atomic E-state index is 0.142. The third-order valence-corrected chi connectivity index (χ3v) is 3.32. The van der Waals surface area contributed by atoms with E-state index >= 15 is 0 Å². The fraction of sp³-hybridized carbons (Fsp3) is 0.385. The van der Waals surface area contributed by atoms with Crippen LogP contribution in [0.4, 0.5) is 11.6 Å². The fourth-order valence-corrected chi connectivity index (χ4v) is 2.36. The van der Waals surface area contributed by atoms with Crippen molar-refractivity contribution >= 4 is 29.2 Å². The van der Waals surface area contributed by atoms with E-state index in [0.29, 0.717) is 37.6 Å². The molecular formula is C13H15N5O4. The van der Waals surface area contributed by atoms with Crippen LogP contribution in [-0.2, 0) is 9.53 Å². The number of carbonyl (C=O) groups is 2. The number of nitrogens with zero attached hydrogens (tertiary/aromatic N) is 4. The first-order valence-electron chi connectivity index (χ1n) is 6.78. The van der Waals surface area contributed by atoms with E-state index in [1.54, 1.807) is 6.20 Å². The number of anilines is 2. The van der Waals surface area contributed by atoms with Gasteiger partial charge in [-0.3, -0.25) is 10.1 Å². The Balaban J connectivity index is 2.06. The van der Waals surface area contributed by atoms with Gasteiger partial charge in [0.1, 0.15) is 0 Å². The zero-order chi connectivity index (χ0) is 15.7. The van der Waals surface area contributed by atoms with E-state index in [4.69, 9.17) is 4.74 Å². The second kappa shape index (κ2) is 5.60. The molecular weight excluding hydrogens is 290 g/mol. The molecule has 2 aromatic heterocycles. The van der Waals surface area contributed by atoms with Gasteiger partial charge in [-0.2, -0.15) is 4.98 Å². The quantitative estimate of drug-likeness (QED) is 0.835. The average molecular weight is 305 g/mol. The van der Waals surface area contributed by atoms with E-state index in [0.717, 1.165) is 0 Å². The number of fused-ring (bicyclic) bond motifs is 1. The van der Waals surface area contributed by atoms with E-state index in [1.807, 2.05) is 4.90 Å². The molecule has 116 valence electrons. The van der Waals surface area contributed by atoms with Crippen molar-refractivity contribution in [1.82, 2.24) is 14.6 Å². The SMILES string of the molecule is CC(=O)Nc1nc2cc(C(=O)O)c(N3CCOCC3)cn2n1. The molecule has 2 N–H and O–H groups in total. The van der Waals surface area contributed by atoms with Gasteiger partial charge in [0.05, 0.1) is 30.7 Å². The number of nitrogens with one attached hydrogen (secondary N) is 1. The van der Waals surface area contributed by atoms with Crippen molar-refractivity contribution in [3.63, 3.8) is 0 Å². The molecule has 0 aromatic carbocycles. The molecule has 3 rings (SSSR count). The van der Waals surface area contributed by atoms with Crippen molar-refractivity contribution in [3.05, 3.63) is 17.8 Å². The number of aromatic nitrogens is 3. The molecule has 0 atom stereocenters. The zero-order valence-corrected chi connectivity index (χ0v) is 11.9. The first-order chi connectivity index (χ1) is 10.5. The molecule has 9 heteroatoms. The van der Waals surface area contributed by atoms with Crippen LogP contribution in [0.3, 0.4) is 0 Å². The molecule has 2 aromatic rings. The van der Waals surface area contributed by atoms with Gasteiger partial charge in [0.25, 0.3) is 0 Å². The van der Waals surface area contributed by atoms with Gasteiger partial charge in [-0.1, -0.05) is 0 Å². The minimum atomic E-state index is -1.03. The standard InChI is InChI=1S/C13H15N5O4/c1-8(19)14-13-15-11-6-9(12(20)21)10(7-18(11)16-13)17-2-4-22-5-3-17/h6-7H,2-5H2,1H3,(H,20,21)(H,14,16,19). The van der Waals surface area contributed by atoms with Crippen molar-refractivity contribution < 1.29 is 19.4 Å². The fourth-order valence-electron chi connectivity index (χ4n) is 2.36. The third kappa shape index (κ3) is 2.70. The number of pyridine rings is 1. The Hall–Kier alpha value is -2.68. The van der Waals surface area contributed by atoms with E-state index in [1.165, 1.54) is 17.5 Å². The van der Waals surface area contributed by atoms with Crippen LogP contribution in [-0.4, -0.2) is 57.9 Å². The van der Waals surface area contributed by atoms with Gasteiger partial charge in [-0.25, -0.2) is 9.31 Å². The van der Waals surface area contributed by atoms with E-state index in [-0.39, 0.29) is 17.4 Å². The molecule has 1 saturated heterocycles. The van der Waals surface area contributed by atoms with Crippen molar-refractivity contribution in [1.29, 1.82) is 0 Å². The number of aromatic carboxylic acids is 1. The summed E-state index contributed by atoms with van der Waals surface area (Å²) in [5, 5.41) is 16.0. The number of rotatable bonds is 3. The van der Waals surface area contributed by atoms with Crippen LogP contribution in [0, 0.1) is 0 Å². The van der Waals surface area contributed by atoms with Crippen molar-refractivity contribution in [2.45, 2.75) is 6.92 Å². The predicted molar refractivity (Wildman–Crippen MR) is 77.3 cm³/mol. The number of morpholine rings is 1. The molecule has 0 spiro atoms. The second-order valence-electron chi connectivity index (χ2n) is 4.90. The Labute approximate surface area is 125 Å². The minimum Gasteiger partial charge on any atom is -0.478 e. The van der Waals surface area contributed by atoms with Crippen LogP contribution in [0.25, 0.3) is 5.65 Å². The maximum atomic E-state index is 11.5. The highest BCUT2D eigenvalue weighted by molar-refractivity contribution is 5.95. The first-order valence-corrected chi connectivity index (χ1v) is 6.78. The largest absolute Gasteiger partial charge is 0.478 e. The molecule has 0 unspecified atom stereocenters. The Kier molecular flexibility index (Phi) is 3.63. The van der Waals surface area contributed by atoms with Gasteiger partial charge in [0.2, 0.25) is 11.9 Å². The van der Waals surface area contributed by atoms with Gasteiger partial charge in [-0.15, -0.1) is 5.10 Å². The molecule has 22 heavy (non-hydrogen) atoms. The molecule has 0 radical (unpaired) electrons. The highest BCUT2D eigenvalue weighted by Gasteiger charge is 2.21. The molecule has 0 saturated carbocycles. The third-order valence-electron chi connectivity index (χ3n) is 3.32. The highest BCUT2D eigenvalue weighted by Crippen LogP contribution is 2.23. The summed E-state index contributed by atoms with van der Waals surface area (Å²) in [5.74, 6) is -1.18. The molecule has 1 amide bonds. The molecule has 1 aliphatic heterocycles. The summed E-state index contributed by atoms with van der Waals surface area (Å²) < 4.78 is 6.75. The summed E-state index contributed by atoms with van der Waals surface area (Å²) in [6, 6.07) is 1.45. The zero-order valence-electron chi connectivity index (χ0n) is 11.9. The summed E-state index contributed by atoms with van der Waals surface area (Å²) in [7, 11) is 0. The van der Waals surface area contributed by atoms with Gasteiger partial charge >= 0.3 is 5.97 Å². The van der Waals surface area contributed by atoms with Crippen molar-refractivity contribution in [3.8, 4) is 0 Å². The highest BCUT2D eigenvalue weighted by atomic mass is 16.5. The number of carboxylic acids is 1. The lowest BCUT2D eigenvalue weighted by molar-refractivity contribution is -0.114. The van der Waals surface area contributed by atoms with Crippen LogP contribution in [0.2, 0.25) is 0 Å². The van der Waals surface area contributed by atoms with Gasteiger partial charge in [-0.05, 0) is 6.07 Å². The number of hydrogen-bond acceptors (Lipinski definition) is 6. The predicted octanol–water partition coefficient (Wildman–Crippen LogP) is 0.222. The molecule has 1 aliphatic rings. The van der Waals surface area contributed by atoms with Gasteiger partial charge in [0.15, 0.2) is 5.65 Å². The van der Waals surface area contributed by atoms with E-state index in [2.05, 4.69) is 15.4 Å². The molecule has 0 aliphatic carbocycles. The molecule has 9 nitrogen and oxygen atoms in total. The Bertz CT molecular complexity index is 735. The number of carboxylic acid groups (broad SMARTS) is 1. The summed E-state index contributed by atoms with van der Waals surface area (Å²) in [5.41, 5.74) is 1.07. The molecule has 1 fully saturated rings. The number of amides is 1. The summed E-state index contributed by atoms with van der Waals surface area (Å²) in [6.07, 6.45) is 1.61. The normalized spacial score (nSPS) is 15.0. The monoisotopic (exact) mass is 305 g/mol. The van der Waals surface area contributed by atoms with Gasteiger partial charge < -0.3 is 14.7 Å². The second-order valence-corrected chi connectivity index (χ2v) is 4.90. The maximum absolute atomic E-state index is 11.5. The molecule has 0 bridgehead atoms.